The zero-order valence-electron chi connectivity index (χ0n) is 15.6. The summed E-state index contributed by atoms with van der Waals surface area (Å²) in [6.45, 7) is 0. The molecule has 1 aliphatic carbocycles. The van der Waals surface area contributed by atoms with Crippen molar-refractivity contribution in [2.75, 3.05) is 11.9 Å². The lowest BCUT2D eigenvalue weighted by Crippen LogP contribution is -2.31. The first-order valence-corrected chi connectivity index (χ1v) is 9.37. The van der Waals surface area contributed by atoms with Gasteiger partial charge >= 0.3 is 0 Å². The predicted octanol–water partition coefficient (Wildman–Crippen LogP) is 3.73. The van der Waals surface area contributed by atoms with Crippen molar-refractivity contribution in [1.29, 1.82) is 0 Å². The van der Waals surface area contributed by atoms with Crippen LogP contribution in [0.5, 0.6) is 5.75 Å². The molecular weight excluding hydrogens is 362 g/mol. The molecule has 1 saturated carbocycles. The van der Waals surface area contributed by atoms with Crippen molar-refractivity contribution >= 4 is 24.0 Å². The Morgan fingerprint density at radius 1 is 1.07 bits per heavy atom. The van der Waals surface area contributed by atoms with Crippen molar-refractivity contribution < 1.29 is 9.53 Å². The Morgan fingerprint density at radius 2 is 1.85 bits per heavy atom. The van der Waals surface area contributed by atoms with Crippen molar-refractivity contribution in [3.63, 3.8) is 0 Å². The summed E-state index contributed by atoms with van der Waals surface area (Å²) in [6, 6.07) is 8.62. The number of fused-ring (bicyclic) bond motifs is 1. The standard InChI is InChI=1S/C21H25N3O2.ClH/c1-24-20-8-2-14(10-15(20)3-9-21(24)25)16-11-19(13-23-12-16)26-18-6-4-17(22)5-7-18;/h2,8,10-13,17-18H,3-7,9,22H2,1H3;1H. The number of hydrogen-bond acceptors (Lipinski definition) is 4. The Morgan fingerprint density at radius 3 is 2.63 bits per heavy atom. The van der Waals surface area contributed by atoms with Gasteiger partial charge in [0, 0.05) is 37.0 Å². The molecule has 2 aliphatic rings. The SMILES string of the molecule is CN1C(=O)CCc2cc(-c3cncc(OC4CCC(N)CC4)c3)ccc21.Cl. The van der Waals surface area contributed by atoms with Crippen molar-refractivity contribution in [2.45, 2.75) is 50.7 Å². The third kappa shape index (κ3) is 4.25. The summed E-state index contributed by atoms with van der Waals surface area (Å²) in [4.78, 5) is 18.0. The van der Waals surface area contributed by atoms with Crippen LogP contribution in [0.3, 0.4) is 0 Å². The minimum absolute atomic E-state index is 0. The van der Waals surface area contributed by atoms with Crippen LogP contribution in [0, 0.1) is 0 Å². The van der Waals surface area contributed by atoms with Crippen LogP contribution >= 0.6 is 12.4 Å². The minimum Gasteiger partial charge on any atom is -0.489 e. The number of aryl methyl sites for hydroxylation is 1. The number of ether oxygens (including phenoxy) is 1. The lowest BCUT2D eigenvalue weighted by molar-refractivity contribution is -0.118. The van der Waals surface area contributed by atoms with Gasteiger partial charge in [-0.05, 0) is 61.4 Å². The number of aromatic nitrogens is 1. The molecule has 0 bridgehead atoms. The number of nitrogens with two attached hydrogens (primary N) is 1. The molecule has 1 aromatic carbocycles. The highest BCUT2D eigenvalue weighted by Gasteiger charge is 2.22. The lowest BCUT2D eigenvalue weighted by atomic mass is 9.93. The van der Waals surface area contributed by atoms with E-state index >= 15 is 0 Å². The summed E-state index contributed by atoms with van der Waals surface area (Å²) < 4.78 is 6.14. The molecule has 1 fully saturated rings. The van der Waals surface area contributed by atoms with E-state index in [0.717, 1.165) is 54.7 Å². The quantitative estimate of drug-likeness (QED) is 0.871. The number of nitrogens with zero attached hydrogens (tertiary/aromatic N) is 2. The fourth-order valence-corrected chi connectivity index (χ4v) is 3.88. The van der Waals surface area contributed by atoms with Gasteiger partial charge in [-0.2, -0.15) is 0 Å². The Bertz CT molecular complexity index is 819. The van der Waals surface area contributed by atoms with E-state index < -0.39 is 0 Å². The molecular formula is C21H26ClN3O2. The molecule has 2 aromatic rings. The first kappa shape index (κ1) is 19.6. The molecule has 4 rings (SSSR count). The number of rotatable bonds is 3. The van der Waals surface area contributed by atoms with Gasteiger partial charge in [-0.1, -0.05) is 6.07 Å². The molecule has 5 nitrogen and oxygen atoms in total. The van der Waals surface area contributed by atoms with E-state index in [1.807, 2.05) is 25.4 Å². The van der Waals surface area contributed by atoms with E-state index in [1.54, 1.807) is 11.1 Å². The molecule has 2 N–H and O–H groups in total. The summed E-state index contributed by atoms with van der Waals surface area (Å²) in [5, 5.41) is 0. The zero-order chi connectivity index (χ0) is 18.1. The second-order valence-corrected chi connectivity index (χ2v) is 7.36. The summed E-state index contributed by atoms with van der Waals surface area (Å²) in [5.74, 6) is 0.988. The van der Waals surface area contributed by atoms with Crippen LogP contribution in [-0.2, 0) is 11.2 Å². The van der Waals surface area contributed by atoms with Gasteiger partial charge in [0.15, 0.2) is 0 Å². The summed E-state index contributed by atoms with van der Waals surface area (Å²) in [5.41, 5.74) is 10.3. The molecule has 0 unspecified atom stereocenters. The Balaban J connectivity index is 0.00000210. The first-order chi connectivity index (χ1) is 12.6. The van der Waals surface area contributed by atoms with Crippen molar-refractivity contribution in [3.8, 4) is 16.9 Å². The van der Waals surface area contributed by atoms with Gasteiger partial charge in [0.25, 0.3) is 0 Å². The largest absolute Gasteiger partial charge is 0.489 e. The fraction of sp³-hybridized carbons (Fsp3) is 0.429. The van der Waals surface area contributed by atoms with E-state index in [1.165, 1.54) is 5.56 Å². The van der Waals surface area contributed by atoms with Gasteiger partial charge in [0.2, 0.25) is 5.91 Å². The van der Waals surface area contributed by atoms with E-state index in [2.05, 4.69) is 17.1 Å². The van der Waals surface area contributed by atoms with E-state index in [-0.39, 0.29) is 24.4 Å². The van der Waals surface area contributed by atoms with Crippen LogP contribution in [0.4, 0.5) is 5.69 Å². The number of amides is 1. The van der Waals surface area contributed by atoms with Crippen LogP contribution < -0.4 is 15.4 Å². The van der Waals surface area contributed by atoms with Gasteiger partial charge in [-0.25, -0.2) is 0 Å². The minimum atomic E-state index is 0. The van der Waals surface area contributed by atoms with Crippen LogP contribution in [0.15, 0.2) is 36.7 Å². The van der Waals surface area contributed by atoms with E-state index in [9.17, 15) is 4.79 Å². The Hall–Kier alpha value is -2.11. The highest BCUT2D eigenvalue weighted by molar-refractivity contribution is 5.96. The van der Waals surface area contributed by atoms with E-state index in [4.69, 9.17) is 10.5 Å². The highest BCUT2D eigenvalue weighted by atomic mass is 35.5. The average Bonchev–Trinajstić information content (AvgIpc) is 2.67. The van der Waals surface area contributed by atoms with E-state index in [0.29, 0.717) is 12.5 Å². The first-order valence-electron chi connectivity index (χ1n) is 9.37. The van der Waals surface area contributed by atoms with Crippen LogP contribution in [0.1, 0.15) is 37.7 Å². The number of carbonyl (C=O) groups is 1. The van der Waals surface area contributed by atoms with Gasteiger partial charge in [0.05, 0.1) is 12.3 Å². The summed E-state index contributed by atoms with van der Waals surface area (Å²) in [6.07, 6.45) is 9.29. The van der Waals surface area contributed by atoms with Crippen molar-refractivity contribution in [2.24, 2.45) is 5.73 Å². The van der Waals surface area contributed by atoms with Crippen molar-refractivity contribution in [1.82, 2.24) is 4.98 Å². The molecule has 0 spiro atoms. The van der Waals surface area contributed by atoms with Crippen LogP contribution in [-0.4, -0.2) is 30.1 Å². The van der Waals surface area contributed by atoms with Gasteiger partial charge in [-0.15, -0.1) is 12.4 Å². The smallest absolute Gasteiger partial charge is 0.227 e. The second-order valence-electron chi connectivity index (χ2n) is 7.36. The molecule has 1 aliphatic heterocycles. The third-order valence-corrected chi connectivity index (χ3v) is 5.49. The number of carbonyl (C=O) groups excluding carboxylic acids is 1. The number of benzene rings is 1. The molecule has 0 atom stereocenters. The monoisotopic (exact) mass is 387 g/mol. The molecule has 27 heavy (non-hydrogen) atoms. The molecule has 1 aromatic heterocycles. The maximum Gasteiger partial charge on any atom is 0.227 e. The molecule has 0 radical (unpaired) electrons. The van der Waals surface area contributed by atoms with Gasteiger partial charge < -0.3 is 15.4 Å². The number of hydrogen-bond donors (Lipinski definition) is 1. The predicted molar refractivity (Wildman–Crippen MR) is 110 cm³/mol. The molecule has 0 saturated heterocycles. The number of anilines is 1. The molecule has 6 heteroatoms. The summed E-state index contributed by atoms with van der Waals surface area (Å²) in [7, 11) is 1.84. The Labute approximate surface area is 166 Å². The van der Waals surface area contributed by atoms with Crippen LogP contribution in [0.2, 0.25) is 0 Å². The normalized spacial score (nSPS) is 22.0. The van der Waals surface area contributed by atoms with Crippen molar-refractivity contribution in [3.05, 3.63) is 42.2 Å². The average molecular weight is 388 g/mol. The molecule has 144 valence electrons. The highest BCUT2D eigenvalue weighted by Crippen LogP contribution is 2.32. The lowest BCUT2D eigenvalue weighted by Gasteiger charge is -2.27. The third-order valence-electron chi connectivity index (χ3n) is 5.49. The maximum atomic E-state index is 11.9. The maximum absolute atomic E-state index is 11.9. The second kappa shape index (κ2) is 8.28. The molecule has 2 heterocycles. The Kier molecular flexibility index (Phi) is 6.02. The zero-order valence-corrected chi connectivity index (χ0v) is 16.4. The topological polar surface area (TPSA) is 68.5 Å². The van der Waals surface area contributed by atoms with Gasteiger partial charge in [0.1, 0.15) is 5.75 Å². The fourth-order valence-electron chi connectivity index (χ4n) is 3.88. The number of halogens is 1. The van der Waals surface area contributed by atoms with Gasteiger partial charge in [-0.3, -0.25) is 9.78 Å². The summed E-state index contributed by atoms with van der Waals surface area (Å²) >= 11 is 0. The molecule has 1 amide bonds. The van der Waals surface area contributed by atoms with Crippen LogP contribution in [0.25, 0.3) is 11.1 Å². The number of pyridine rings is 1.